The zero-order chi connectivity index (χ0) is 21.9. The Morgan fingerprint density at radius 2 is 2.06 bits per heavy atom. The Kier molecular flexibility index (Phi) is 4.28. The molecule has 1 aromatic carbocycles. The highest BCUT2D eigenvalue weighted by molar-refractivity contribution is 7.15. The largest absolute Gasteiger partial charge is 0.357 e. The number of alkyl halides is 1. The van der Waals surface area contributed by atoms with Gasteiger partial charge in [0, 0.05) is 48.5 Å². The Morgan fingerprint density at radius 3 is 2.88 bits per heavy atom. The van der Waals surface area contributed by atoms with E-state index in [9.17, 15) is 14.0 Å². The lowest BCUT2D eigenvalue weighted by molar-refractivity contribution is -0.209. The van der Waals surface area contributed by atoms with Gasteiger partial charge in [-0.1, -0.05) is 12.1 Å². The van der Waals surface area contributed by atoms with E-state index in [1.807, 2.05) is 18.2 Å². The quantitative estimate of drug-likeness (QED) is 0.403. The van der Waals surface area contributed by atoms with Gasteiger partial charge >= 0.3 is 0 Å². The highest BCUT2D eigenvalue weighted by Crippen LogP contribution is 2.69. The Morgan fingerprint density at radius 1 is 1.22 bits per heavy atom. The predicted molar refractivity (Wildman–Crippen MR) is 121 cm³/mol. The molecule has 3 aliphatic rings. The number of H-pyrrole nitrogens is 1. The molecule has 2 bridgehead atoms. The zero-order valence-electron chi connectivity index (χ0n) is 17.3. The van der Waals surface area contributed by atoms with Gasteiger partial charge in [-0.2, -0.15) is 0 Å². The topological polar surface area (TPSA) is 91.3 Å². The first-order valence-corrected chi connectivity index (χ1v) is 11.5. The second-order valence-corrected chi connectivity index (χ2v) is 10.1. The van der Waals surface area contributed by atoms with E-state index in [4.69, 9.17) is 0 Å². The predicted octanol–water partition coefficient (Wildman–Crippen LogP) is 3.15. The standard InChI is InChI=1S/C23H22FN5O2S/c24-23-10-22(11-23,12-23)13-25-9-16-6-15-2-1-14(5-17(15)27-16)8-26-20(31)18-7-19(30)29-3-4-32-21(29)28-18/h1-7,25,27H,8-13H2,(H,26,31). The molecule has 7 nitrogen and oxygen atoms in total. The lowest BCUT2D eigenvalue weighted by Crippen LogP contribution is -2.67. The molecule has 4 aromatic rings. The van der Waals surface area contributed by atoms with Gasteiger partial charge < -0.3 is 15.6 Å². The number of aromatic amines is 1. The van der Waals surface area contributed by atoms with Crippen molar-refractivity contribution in [2.24, 2.45) is 5.41 Å². The molecule has 9 heteroatoms. The Labute approximate surface area is 186 Å². The molecule has 3 heterocycles. The lowest BCUT2D eigenvalue weighted by atomic mass is 9.42. The van der Waals surface area contributed by atoms with E-state index in [-0.39, 0.29) is 22.6 Å². The van der Waals surface area contributed by atoms with E-state index in [2.05, 4.69) is 26.7 Å². The van der Waals surface area contributed by atoms with Crippen molar-refractivity contribution in [1.29, 1.82) is 0 Å². The number of benzene rings is 1. The van der Waals surface area contributed by atoms with Gasteiger partial charge in [0.25, 0.3) is 11.5 Å². The molecular weight excluding hydrogens is 429 g/mol. The minimum absolute atomic E-state index is 0.120. The molecule has 3 N–H and O–H groups in total. The molecule has 0 unspecified atom stereocenters. The molecule has 7 rings (SSSR count). The number of fused-ring (bicyclic) bond motifs is 2. The first-order valence-electron chi connectivity index (χ1n) is 10.7. The van der Waals surface area contributed by atoms with Crippen molar-refractivity contribution in [2.45, 2.75) is 38.0 Å². The number of carbonyl (C=O) groups is 1. The summed E-state index contributed by atoms with van der Waals surface area (Å²) in [5, 5.41) is 9.16. The van der Waals surface area contributed by atoms with Crippen LogP contribution in [0.3, 0.4) is 0 Å². The summed E-state index contributed by atoms with van der Waals surface area (Å²) in [6.07, 6.45) is 3.77. The van der Waals surface area contributed by atoms with Crippen LogP contribution in [0.25, 0.3) is 15.9 Å². The maximum Gasteiger partial charge on any atom is 0.270 e. The van der Waals surface area contributed by atoms with Crippen molar-refractivity contribution in [3.05, 3.63) is 69.2 Å². The average Bonchev–Trinajstić information content (AvgIpc) is 3.36. The number of hydrogen-bond donors (Lipinski definition) is 3. The minimum Gasteiger partial charge on any atom is -0.357 e. The van der Waals surface area contributed by atoms with Crippen LogP contribution in [0.2, 0.25) is 0 Å². The molecule has 0 atom stereocenters. The summed E-state index contributed by atoms with van der Waals surface area (Å²) in [7, 11) is 0. The second kappa shape index (κ2) is 6.98. The van der Waals surface area contributed by atoms with Crippen LogP contribution in [-0.2, 0) is 13.1 Å². The maximum absolute atomic E-state index is 13.6. The lowest BCUT2D eigenvalue weighted by Gasteiger charge is -2.66. The molecule has 164 valence electrons. The van der Waals surface area contributed by atoms with E-state index in [0.717, 1.165) is 28.7 Å². The number of halogens is 1. The first kappa shape index (κ1) is 19.6. The monoisotopic (exact) mass is 451 g/mol. The molecule has 3 fully saturated rings. The van der Waals surface area contributed by atoms with Crippen LogP contribution in [-0.4, -0.2) is 32.5 Å². The van der Waals surface area contributed by atoms with Crippen LogP contribution < -0.4 is 16.2 Å². The molecule has 3 aromatic heterocycles. The molecule has 32 heavy (non-hydrogen) atoms. The van der Waals surface area contributed by atoms with Crippen LogP contribution in [0.5, 0.6) is 0 Å². The number of rotatable bonds is 7. The Balaban J connectivity index is 1.08. The van der Waals surface area contributed by atoms with Crippen LogP contribution in [0.4, 0.5) is 4.39 Å². The number of hydrogen-bond acceptors (Lipinski definition) is 5. The highest BCUT2D eigenvalue weighted by Gasteiger charge is 2.68. The van der Waals surface area contributed by atoms with Gasteiger partial charge in [0.1, 0.15) is 11.4 Å². The summed E-state index contributed by atoms with van der Waals surface area (Å²) < 4.78 is 15.1. The number of thiazole rings is 1. The van der Waals surface area contributed by atoms with Crippen LogP contribution in [0.1, 0.15) is 41.0 Å². The third-order valence-corrected chi connectivity index (χ3v) is 7.38. The summed E-state index contributed by atoms with van der Waals surface area (Å²) >= 11 is 1.31. The molecule has 3 saturated carbocycles. The van der Waals surface area contributed by atoms with Gasteiger partial charge in [-0.15, -0.1) is 11.3 Å². The number of aromatic nitrogens is 3. The van der Waals surface area contributed by atoms with E-state index in [0.29, 0.717) is 37.3 Å². The van der Waals surface area contributed by atoms with E-state index in [1.165, 1.54) is 21.8 Å². The summed E-state index contributed by atoms with van der Waals surface area (Å²) in [5.41, 5.74) is 2.22. The third-order valence-electron chi connectivity index (χ3n) is 6.62. The Hall–Kier alpha value is -3.04. The zero-order valence-corrected chi connectivity index (χ0v) is 18.1. The minimum atomic E-state index is -0.850. The summed E-state index contributed by atoms with van der Waals surface area (Å²) in [6, 6.07) is 9.37. The fourth-order valence-electron chi connectivity index (χ4n) is 5.18. The van der Waals surface area contributed by atoms with Crippen LogP contribution in [0, 0.1) is 5.41 Å². The summed E-state index contributed by atoms with van der Waals surface area (Å²) in [4.78, 5) is 32.8. The fourth-order valence-corrected chi connectivity index (χ4v) is 5.90. The van der Waals surface area contributed by atoms with Crippen LogP contribution >= 0.6 is 11.3 Å². The van der Waals surface area contributed by atoms with Gasteiger partial charge in [0.2, 0.25) is 0 Å². The third kappa shape index (κ3) is 3.32. The van der Waals surface area contributed by atoms with E-state index >= 15 is 0 Å². The van der Waals surface area contributed by atoms with Gasteiger partial charge in [-0.25, -0.2) is 9.37 Å². The SMILES string of the molecule is O=C(NCc1ccc2cc(CNCC34CC(F)(C3)C4)[nH]c2c1)c1cc(=O)n2ccsc2n1. The maximum atomic E-state index is 13.6. The van der Waals surface area contributed by atoms with E-state index in [1.54, 1.807) is 11.6 Å². The Bertz CT molecular complexity index is 1400. The molecule has 0 radical (unpaired) electrons. The molecule has 1 amide bonds. The van der Waals surface area contributed by atoms with Crippen molar-refractivity contribution in [3.8, 4) is 0 Å². The van der Waals surface area contributed by atoms with Gasteiger partial charge in [0.05, 0.1) is 0 Å². The summed E-state index contributed by atoms with van der Waals surface area (Å²) in [5.74, 6) is -0.377. The van der Waals surface area contributed by atoms with Crippen molar-refractivity contribution < 1.29 is 9.18 Å². The van der Waals surface area contributed by atoms with Gasteiger partial charge in [0.15, 0.2) is 4.96 Å². The molecule has 0 saturated heterocycles. The smallest absolute Gasteiger partial charge is 0.270 e. The van der Waals surface area contributed by atoms with E-state index < -0.39 is 5.67 Å². The summed E-state index contributed by atoms with van der Waals surface area (Å²) in [6.45, 7) is 1.91. The number of amides is 1. The van der Waals surface area contributed by atoms with Crippen molar-refractivity contribution in [1.82, 2.24) is 25.0 Å². The van der Waals surface area contributed by atoms with Crippen molar-refractivity contribution in [3.63, 3.8) is 0 Å². The number of carbonyl (C=O) groups excluding carboxylic acids is 1. The fraction of sp³-hybridized carbons (Fsp3) is 0.348. The molecule has 0 aliphatic heterocycles. The second-order valence-electron chi connectivity index (χ2n) is 9.22. The van der Waals surface area contributed by atoms with Crippen molar-refractivity contribution >= 4 is 33.1 Å². The van der Waals surface area contributed by atoms with Gasteiger partial charge in [-0.05, 0) is 47.8 Å². The molecule has 0 spiro atoms. The van der Waals surface area contributed by atoms with Crippen molar-refractivity contribution in [2.75, 3.05) is 6.54 Å². The number of nitrogens with zero attached hydrogens (tertiary/aromatic N) is 2. The van der Waals surface area contributed by atoms with Crippen LogP contribution in [0.15, 0.2) is 46.7 Å². The van der Waals surface area contributed by atoms with Gasteiger partial charge in [-0.3, -0.25) is 14.0 Å². The molecular formula is C23H22FN5O2S. The normalized spacial score (nSPS) is 23.8. The first-order chi connectivity index (χ1) is 15.4. The molecule has 3 aliphatic carbocycles. The number of nitrogens with one attached hydrogen (secondary N) is 3. The average molecular weight is 452 g/mol. The highest BCUT2D eigenvalue weighted by atomic mass is 32.1.